The summed E-state index contributed by atoms with van der Waals surface area (Å²) in [5.41, 5.74) is 2.94. The molecule has 1 atom stereocenters. The van der Waals surface area contributed by atoms with Crippen LogP contribution in [0.1, 0.15) is 63.6 Å². The quantitative estimate of drug-likeness (QED) is 0.547. The first-order chi connectivity index (χ1) is 16.2. The second kappa shape index (κ2) is 8.74. The van der Waals surface area contributed by atoms with Crippen LogP contribution in [-0.4, -0.2) is 52.2 Å². The van der Waals surface area contributed by atoms with E-state index in [1.165, 1.54) is 0 Å². The molecule has 1 unspecified atom stereocenters. The summed E-state index contributed by atoms with van der Waals surface area (Å²) in [5, 5.41) is 10.5. The van der Waals surface area contributed by atoms with E-state index in [1.54, 1.807) is 6.20 Å². The fourth-order valence-electron chi connectivity index (χ4n) is 4.74. The van der Waals surface area contributed by atoms with Crippen molar-refractivity contribution in [2.24, 2.45) is 5.92 Å². The van der Waals surface area contributed by atoms with Gasteiger partial charge in [-0.05, 0) is 76.1 Å². The lowest BCUT2D eigenvalue weighted by Crippen LogP contribution is -2.57. The molecule has 3 fully saturated rings. The van der Waals surface area contributed by atoms with Crippen molar-refractivity contribution in [3.8, 4) is 17.2 Å². The van der Waals surface area contributed by atoms with E-state index in [0.29, 0.717) is 42.2 Å². The molecule has 1 aliphatic heterocycles. The molecule has 0 spiro atoms. The van der Waals surface area contributed by atoms with Crippen molar-refractivity contribution in [1.29, 1.82) is 5.26 Å². The Morgan fingerprint density at radius 3 is 2.59 bits per heavy atom. The first kappa shape index (κ1) is 22.9. The second-order valence-electron chi connectivity index (χ2n) is 10.6. The van der Waals surface area contributed by atoms with Crippen LogP contribution >= 0.6 is 11.6 Å². The monoisotopic (exact) mass is 479 g/mol. The van der Waals surface area contributed by atoms with E-state index >= 15 is 0 Å². The lowest BCUT2D eigenvalue weighted by molar-refractivity contribution is 0.0116. The summed E-state index contributed by atoms with van der Waals surface area (Å²) >= 11 is 6.15. The van der Waals surface area contributed by atoms with Crippen molar-refractivity contribution in [3.05, 3.63) is 40.8 Å². The Hall–Kier alpha value is -2.85. The van der Waals surface area contributed by atoms with E-state index in [-0.39, 0.29) is 12.1 Å². The second-order valence-corrected chi connectivity index (χ2v) is 11.0. The zero-order chi connectivity index (χ0) is 24.0. The van der Waals surface area contributed by atoms with Gasteiger partial charge in [-0.3, -0.25) is 0 Å². The Morgan fingerprint density at radius 1 is 1.21 bits per heavy atom. The van der Waals surface area contributed by atoms with Crippen LogP contribution in [0.25, 0.3) is 11.1 Å². The highest BCUT2D eigenvalue weighted by atomic mass is 35.5. The first-order valence-corrected chi connectivity index (χ1v) is 12.4. The van der Waals surface area contributed by atoms with Crippen LogP contribution in [-0.2, 0) is 4.74 Å². The average molecular weight is 480 g/mol. The number of ether oxygens (including phenoxy) is 1. The molecule has 178 valence electrons. The minimum atomic E-state index is -0.525. The third kappa shape index (κ3) is 4.83. The highest BCUT2D eigenvalue weighted by molar-refractivity contribution is 6.29. The number of nitriles is 1. The molecule has 3 aliphatic rings. The van der Waals surface area contributed by atoms with E-state index in [9.17, 15) is 10.1 Å². The number of aromatic nitrogens is 2. The highest BCUT2D eigenvalue weighted by Crippen LogP contribution is 2.45. The number of rotatable bonds is 4. The van der Waals surface area contributed by atoms with Crippen molar-refractivity contribution in [3.63, 3.8) is 0 Å². The van der Waals surface area contributed by atoms with Crippen LogP contribution in [0.15, 0.2) is 24.4 Å². The zero-order valence-electron chi connectivity index (χ0n) is 19.9. The standard InChI is InChI=1S/C26H30ClN5O2/c1-26(2,3)34-25(33)32-11-10-31(15-21(32)16-4-5-16)24-19(14-28)12-20(23(30-24)17-6-7-17)18-8-9-29-22(27)13-18/h8-9,12-13,16-17,21H,4-7,10-11,15H2,1-3H3. The summed E-state index contributed by atoms with van der Waals surface area (Å²) in [6.45, 7) is 7.53. The molecule has 1 saturated heterocycles. The van der Waals surface area contributed by atoms with Gasteiger partial charge in [-0.1, -0.05) is 11.6 Å². The number of carbonyl (C=O) groups excluding carboxylic acids is 1. The largest absolute Gasteiger partial charge is 0.444 e. The van der Waals surface area contributed by atoms with Gasteiger partial charge >= 0.3 is 6.09 Å². The van der Waals surface area contributed by atoms with Gasteiger partial charge in [-0.2, -0.15) is 5.26 Å². The van der Waals surface area contributed by atoms with Gasteiger partial charge in [0.15, 0.2) is 0 Å². The van der Waals surface area contributed by atoms with Gasteiger partial charge < -0.3 is 14.5 Å². The van der Waals surface area contributed by atoms with E-state index < -0.39 is 5.60 Å². The summed E-state index contributed by atoms with van der Waals surface area (Å²) in [4.78, 5) is 26.2. The van der Waals surface area contributed by atoms with Crippen molar-refractivity contribution < 1.29 is 9.53 Å². The highest BCUT2D eigenvalue weighted by Gasteiger charge is 2.43. The molecule has 1 amide bonds. The predicted octanol–water partition coefficient (Wildman–Crippen LogP) is 5.38. The number of hydrogen-bond acceptors (Lipinski definition) is 6. The van der Waals surface area contributed by atoms with Crippen LogP contribution in [0, 0.1) is 17.2 Å². The minimum absolute atomic E-state index is 0.0694. The van der Waals surface area contributed by atoms with E-state index in [2.05, 4.69) is 16.0 Å². The van der Waals surface area contributed by atoms with Gasteiger partial charge in [0.25, 0.3) is 0 Å². The normalized spacial score (nSPS) is 20.7. The maximum Gasteiger partial charge on any atom is 0.410 e. The van der Waals surface area contributed by atoms with E-state index in [1.807, 2.05) is 43.9 Å². The molecular weight excluding hydrogens is 450 g/mol. The molecule has 2 aromatic heterocycles. The van der Waals surface area contributed by atoms with Crippen molar-refractivity contribution in [2.45, 2.75) is 64.0 Å². The van der Waals surface area contributed by atoms with Crippen molar-refractivity contribution in [2.75, 3.05) is 24.5 Å². The molecule has 2 aliphatic carbocycles. The maximum atomic E-state index is 12.9. The minimum Gasteiger partial charge on any atom is -0.444 e. The predicted molar refractivity (Wildman–Crippen MR) is 131 cm³/mol. The van der Waals surface area contributed by atoms with Crippen LogP contribution < -0.4 is 4.90 Å². The summed E-state index contributed by atoms with van der Waals surface area (Å²) in [6.07, 6.45) is 5.87. The molecule has 7 nitrogen and oxygen atoms in total. The Bertz CT molecular complexity index is 1150. The Morgan fingerprint density at radius 2 is 1.97 bits per heavy atom. The Labute approximate surface area is 205 Å². The lowest BCUT2D eigenvalue weighted by Gasteiger charge is -2.42. The Kier molecular flexibility index (Phi) is 5.89. The topological polar surface area (TPSA) is 82.3 Å². The van der Waals surface area contributed by atoms with Crippen molar-refractivity contribution in [1.82, 2.24) is 14.9 Å². The van der Waals surface area contributed by atoms with Crippen LogP contribution in [0.5, 0.6) is 0 Å². The number of nitrogens with zero attached hydrogens (tertiary/aromatic N) is 5. The zero-order valence-corrected chi connectivity index (χ0v) is 20.7. The molecule has 0 radical (unpaired) electrons. The van der Waals surface area contributed by atoms with E-state index in [4.69, 9.17) is 21.3 Å². The maximum absolute atomic E-state index is 12.9. The average Bonchev–Trinajstić information content (AvgIpc) is 3.70. The molecule has 0 bridgehead atoms. The molecule has 0 N–H and O–H groups in total. The molecular formula is C26H30ClN5O2. The molecule has 3 heterocycles. The van der Waals surface area contributed by atoms with Gasteiger partial charge in [0.2, 0.25) is 0 Å². The SMILES string of the molecule is CC(C)(C)OC(=O)N1CCN(c2nc(C3CC3)c(-c3ccnc(Cl)c3)cc2C#N)CC1C1CC1. The van der Waals surface area contributed by atoms with Crippen LogP contribution in [0.4, 0.5) is 10.6 Å². The van der Waals surface area contributed by atoms with E-state index in [0.717, 1.165) is 48.3 Å². The van der Waals surface area contributed by atoms with Gasteiger partial charge in [0.1, 0.15) is 22.6 Å². The number of piperazine rings is 1. The van der Waals surface area contributed by atoms with Gasteiger partial charge in [-0.25, -0.2) is 14.8 Å². The number of hydrogen-bond donors (Lipinski definition) is 0. The van der Waals surface area contributed by atoms with Gasteiger partial charge in [0, 0.05) is 37.3 Å². The third-order valence-electron chi connectivity index (χ3n) is 6.67. The molecule has 5 rings (SSSR count). The number of pyridine rings is 2. The lowest BCUT2D eigenvalue weighted by atomic mass is 9.99. The summed E-state index contributed by atoms with van der Waals surface area (Å²) in [6, 6.07) is 8.14. The summed E-state index contributed by atoms with van der Waals surface area (Å²) in [7, 11) is 0. The number of halogens is 1. The van der Waals surface area contributed by atoms with Crippen LogP contribution in [0.3, 0.4) is 0 Å². The van der Waals surface area contributed by atoms with Crippen molar-refractivity contribution >= 4 is 23.5 Å². The fraction of sp³-hybridized carbons (Fsp3) is 0.538. The Balaban J connectivity index is 1.46. The van der Waals surface area contributed by atoms with Gasteiger partial charge in [0.05, 0.1) is 17.3 Å². The third-order valence-corrected chi connectivity index (χ3v) is 6.87. The molecule has 2 aromatic rings. The fourth-order valence-corrected chi connectivity index (χ4v) is 4.92. The number of carbonyl (C=O) groups is 1. The first-order valence-electron chi connectivity index (χ1n) is 12.0. The van der Waals surface area contributed by atoms with Crippen LogP contribution in [0.2, 0.25) is 5.15 Å². The summed E-state index contributed by atoms with van der Waals surface area (Å²) < 4.78 is 5.69. The number of amides is 1. The van der Waals surface area contributed by atoms with Gasteiger partial charge in [-0.15, -0.1) is 0 Å². The molecule has 0 aromatic carbocycles. The smallest absolute Gasteiger partial charge is 0.410 e. The number of anilines is 1. The molecule has 34 heavy (non-hydrogen) atoms. The molecule has 8 heteroatoms. The summed E-state index contributed by atoms with van der Waals surface area (Å²) in [5.74, 6) is 1.60. The molecule has 2 saturated carbocycles.